The molecule has 1 heterocycles. The Morgan fingerprint density at radius 1 is 1.35 bits per heavy atom. The largest absolute Gasteiger partial charge is 0.475 e. The summed E-state index contributed by atoms with van der Waals surface area (Å²) in [7, 11) is -1.94. The number of carboxylic acid groups (broad SMARTS) is 1. The number of aromatic nitrogens is 1. The number of nitrogens with zero attached hydrogens (tertiary/aromatic N) is 2. The molecule has 2 aromatic rings. The quantitative estimate of drug-likeness (QED) is 0.916. The molecule has 0 aliphatic rings. The van der Waals surface area contributed by atoms with Crippen molar-refractivity contribution in [1.29, 1.82) is 0 Å². The summed E-state index contributed by atoms with van der Waals surface area (Å²) in [4.78, 5) is 10.7. The molecule has 0 radical (unpaired) electrons. The van der Waals surface area contributed by atoms with Crippen molar-refractivity contribution in [2.24, 2.45) is 0 Å². The average molecular weight is 296 g/mol. The van der Waals surface area contributed by atoms with E-state index in [2.05, 4.69) is 9.68 Å². The lowest BCUT2D eigenvalue weighted by Gasteiger charge is -2.16. The minimum atomic E-state index is -3.37. The zero-order valence-corrected chi connectivity index (χ0v) is 11.6. The minimum absolute atomic E-state index is 0.276. The van der Waals surface area contributed by atoms with Gasteiger partial charge in [-0.1, -0.05) is 17.3 Å². The fourth-order valence-electron chi connectivity index (χ4n) is 1.56. The lowest BCUT2D eigenvalue weighted by molar-refractivity contribution is 0.0652. The van der Waals surface area contributed by atoms with Crippen LogP contribution in [0.25, 0.3) is 11.3 Å². The Hall–Kier alpha value is -2.35. The van der Waals surface area contributed by atoms with E-state index in [0.29, 0.717) is 16.9 Å². The predicted octanol–water partition coefficient (Wildman–Crippen LogP) is 1.44. The van der Waals surface area contributed by atoms with Gasteiger partial charge in [0.15, 0.2) is 0 Å². The first kappa shape index (κ1) is 14.1. The third kappa shape index (κ3) is 2.80. The molecule has 0 fully saturated rings. The van der Waals surface area contributed by atoms with E-state index < -0.39 is 16.0 Å². The molecule has 1 N–H and O–H groups in total. The highest BCUT2D eigenvalue weighted by Gasteiger charge is 2.15. The number of anilines is 1. The van der Waals surface area contributed by atoms with Crippen molar-refractivity contribution >= 4 is 21.7 Å². The van der Waals surface area contributed by atoms with Crippen LogP contribution in [0.1, 0.15) is 10.6 Å². The molecule has 0 saturated carbocycles. The Balaban J connectivity index is 2.41. The first-order valence-corrected chi connectivity index (χ1v) is 7.38. The molecule has 0 unspecified atom stereocenters. The Bertz CT molecular complexity index is 751. The molecule has 8 heteroatoms. The van der Waals surface area contributed by atoms with E-state index in [1.165, 1.54) is 13.1 Å². The van der Waals surface area contributed by atoms with Gasteiger partial charge in [-0.05, 0) is 12.1 Å². The number of hydrogen-bond donors (Lipinski definition) is 1. The molecule has 0 aliphatic heterocycles. The summed E-state index contributed by atoms with van der Waals surface area (Å²) in [5.41, 5.74) is 1.34. The van der Waals surface area contributed by atoms with Gasteiger partial charge in [0.2, 0.25) is 15.8 Å². The Labute approximate surface area is 115 Å². The van der Waals surface area contributed by atoms with E-state index in [4.69, 9.17) is 5.11 Å². The van der Waals surface area contributed by atoms with Crippen LogP contribution in [0.2, 0.25) is 0 Å². The van der Waals surface area contributed by atoms with Crippen LogP contribution in [0.5, 0.6) is 0 Å². The standard InChI is InChI=1S/C12H12N2O5S/c1-14(20(2,17)18)9-5-3-4-8(6-9)10-7-11(12(15)16)19-13-10/h3-7H,1-2H3,(H,15,16). The lowest BCUT2D eigenvalue weighted by Crippen LogP contribution is -2.24. The van der Waals surface area contributed by atoms with E-state index in [0.717, 1.165) is 10.6 Å². The molecule has 0 spiro atoms. The van der Waals surface area contributed by atoms with E-state index in [1.54, 1.807) is 24.3 Å². The van der Waals surface area contributed by atoms with Crippen LogP contribution in [0, 0.1) is 0 Å². The highest BCUT2D eigenvalue weighted by atomic mass is 32.2. The number of benzene rings is 1. The van der Waals surface area contributed by atoms with Crippen LogP contribution in [0.15, 0.2) is 34.9 Å². The van der Waals surface area contributed by atoms with Gasteiger partial charge in [0, 0.05) is 18.7 Å². The molecule has 106 valence electrons. The predicted molar refractivity (Wildman–Crippen MR) is 72.1 cm³/mol. The van der Waals surface area contributed by atoms with Gasteiger partial charge in [-0.25, -0.2) is 13.2 Å². The van der Waals surface area contributed by atoms with Crippen molar-refractivity contribution in [2.75, 3.05) is 17.6 Å². The molecule has 7 nitrogen and oxygen atoms in total. The summed E-state index contributed by atoms with van der Waals surface area (Å²) < 4.78 is 28.8. The van der Waals surface area contributed by atoms with Crippen LogP contribution < -0.4 is 4.31 Å². The second-order valence-corrected chi connectivity index (χ2v) is 6.18. The van der Waals surface area contributed by atoms with Crippen molar-refractivity contribution in [3.63, 3.8) is 0 Å². The van der Waals surface area contributed by atoms with Crippen LogP contribution in [-0.4, -0.2) is 38.0 Å². The fraction of sp³-hybridized carbons (Fsp3) is 0.167. The van der Waals surface area contributed by atoms with E-state index in [1.807, 2.05) is 0 Å². The average Bonchev–Trinajstić information content (AvgIpc) is 2.86. The van der Waals surface area contributed by atoms with Crippen LogP contribution in [-0.2, 0) is 10.0 Å². The number of aromatic carboxylic acids is 1. The van der Waals surface area contributed by atoms with Crippen LogP contribution >= 0.6 is 0 Å². The van der Waals surface area contributed by atoms with E-state index in [-0.39, 0.29) is 5.76 Å². The zero-order valence-electron chi connectivity index (χ0n) is 10.8. The second kappa shape index (κ2) is 4.97. The van der Waals surface area contributed by atoms with Crippen molar-refractivity contribution in [3.05, 3.63) is 36.1 Å². The van der Waals surface area contributed by atoms with E-state index in [9.17, 15) is 13.2 Å². The molecule has 0 atom stereocenters. The zero-order chi connectivity index (χ0) is 14.9. The minimum Gasteiger partial charge on any atom is -0.475 e. The highest BCUT2D eigenvalue weighted by Crippen LogP contribution is 2.25. The van der Waals surface area contributed by atoms with Gasteiger partial charge < -0.3 is 9.63 Å². The molecule has 0 aliphatic carbocycles. The van der Waals surface area contributed by atoms with Gasteiger partial charge in [-0.3, -0.25) is 4.31 Å². The Morgan fingerprint density at radius 2 is 2.05 bits per heavy atom. The molecule has 1 aromatic carbocycles. The molecule has 0 bridgehead atoms. The summed E-state index contributed by atoms with van der Waals surface area (Å²) in [5.74, 6) is -1.49. The highest BCUT2D eigenvalue weighted by molar-refractivity contribution is 7.92. The molecule has 0 amide bonds. The molecule has 1 aromatic heterocycles. The van der Waals surface area contributed by atoms with Crippen molar-refractivity contribution in [2.45, 2.75) is 0 Å². The SMILES string of the molecule is CN(c1cccc(-c2cc(C(=O)O)on2)c1)S(C)(=O)=O. The summed E-state index contributed by atoms with van der Waals surface area (Å²) in [5, 5.41) is 12.4. The molecular formula is C12H12N2O5S. The third-order valence-corrected chi connectivity index (χ3v) is 3.93. The first-order valence-electron chi connectivity index (χ1n) is 5.53. The maximum Gasteiger partial charge on any atom is 0.374 e. The normalized spacial score (nSPS) is 11.3. The van der Waals surface area contributed by atoms with Crippen LogP contribution in [0.4, 0.5) is 5.69 Å². The first-order chi connectivity index (χ1) is 9.29. The summed E-state index contributed by atoms with van der Waals surface area (Å²) >= 11 is 0. The van der Waals surface area contributed by atoms with E-state index >= 15 is 0 Å². The monoisotopic (exact) mass is 296 g/mol. The van der Waals surface area contributed by atoms with Gasteiger partial charge in [-0.15, -0.1) is 0 Å². The molecular weight excluding hydrogens is 284 g/mol. The number of carbonyl (C=O) groups is 1. The van der Waals surface area contributed by atoms with Gasteiger partial charge in [0.1, 0.15) is 5.69 Å². The summed E-state index contributed by atoms with van der Waals surface area (Å²) in [6.45, 7) is 0. The van der Waals surface area contributed by atoms with Crippen LogP contribution in [0.3, 0.4) is 0 Å². The smallest absolute Gasteiger partial charge is 0.374 e. The number of carboxylic acids is 1. The van der Waals surface area contributed by atoms with Gasteiger partial charge in [-0.2, -0.15) is 0 Å². The number of rotatable bonds is 4. The summed E-state index contributed by atoms with van der Waals surface area (Å²) in [6, 6.07) is 7.83. The lowest BCUT2D eigenvalue weighted by atomic mass is 10.1. The molecule has 20 heavy (non-hydrogen) atoms. The fourth-order valence-corrected chi connectivity index (χ4v) is 2.06. The molecule has 2 rings (SSSR count). The van der Waals surface area contributed by atoms with Gasteiger partial charge in [0.05, 0.1) is 11.9 Å². The van der Waals surface area contributed by atoms with Crippen molar-refractivity contribution in [3.8, 4) is 11.3 Å². The second-order valence-electron chi connectivity index (χ2n) is 4.16. The van der Waals surface area contributed by atoms with Crippen molar-refractivity contribution in [1.82, 2.24) is 5.16 Å². The molecule has 0 saturated heterocycles. The van der Waals surface area contributed by atoms with Gasteiger partial charge in [0.25, 0.3) is 0 Å². The summed E-state index contributed by atoms with van der Waals surface area (Å²) in [6.07, 6.45) is 1.10. The maximum absolute atomic E-state index is 11.5. The third-order valence-electron chi connectivity index (χ3n) is 2.72. The van der Waals surface area contributed by atoms with Crippen molar-refractivity contribution < 1.29 is 22.8 Å². The van der Waals surface area contributed by atoms with Gasteiger partial charge >= 0.3 is 5.97 Å². The Morgan fingerprint density at radius 3 is 2.60 bits per heavy atom. The number of sulfonamides is 1. The topological polar surface area (TPSA) is 101 Å². The maximum atomic E-state index is 11.5. The number of hydrogen-bond acceptors (Lipinski definition) is 5. The Kier molecular flexibility index (Phi) is 3.49.